The van der Waals surface area contributed by atoms with Gasteiger partial charge in [0.1, 0.15) is 0 Å². The van der Waals surface area contributed by atoms with Crippen molar-refractivity contribution in [3.05, 3.63) is 84.4 Å². The van der Waals surface area contributed by atoms with Gasteiger partial charge in [0.05, 0.1) is 0 Å². The molecule has 3 rings (SSSR count). The fraction of sp³-hybridized carbons (Fsp3) is 0.407. The molecule has 30 heavy (non-hydrogen) atoms. The summed E-state index contributed by atoms with van der Waals surface area (Å²) in [7, 11) is -0.427. The van der Waals surface area contributed by atoms with Crippen LogP contribution in [-0.2, 0) is 17.1 Å². The molecule has 0 nitrogen and oxygen atoms in total. The SMILES string of the molecule is CC([c-]1cccc1P(C)c1ccccc1)P(C(C)(C)C)C(C)(C)C.[Fe].[cH-]1[cH-][cH-][cH-][cH-]1. The van der Waals surface area contributed by atoms with Crippen LogP contribution in [0.4, 0.5) is 0 Å². The molecule has 0 spiro atoms. The summed E-state index contributed by atoms with van der Waals surface area (Å²) in [6.07, 6.45) is 0. The van der Waals surface area contributed by atoms with Crippen molar-refractivity contribution in [1.29, 1.82) is 0 Å². The second-order valence-electron chi connectivity index (χ2n) is 9.61. The predicted octanol–water partition coefficient (Wildman–Crippen LogP) is 8.01. The van der Waals surface area contributed by atoms with E-state index in [1.807, 2.05) is 30.3 Å². The van der Waals surface area contributed by atoms with Crippen LogP contribution in [-0.4, -0.2) is 17.0 Å². The number of rotatable bonds is 4. The van der Waals surface area contributed by atoms with Crippen LogP contribution in [0, 0.1) is 0 Å². The average molecular weight is 480 g/mol. The summed E-state index contributed by atoms with van der Waals surface area (Å²) in [5.41, 5.74) is 2.21. The third-order valence-electron chi connectivity index (χ3n) is 5.17. The molecular weight excluding hydrogens is 442 g/mol. The Morgan fingerprint density at radius 2 is 1.23 bits per heavy atom. The fourth-order valence-electron chi connectivity index (χ4n) is 4.50. The minimum absolute atomic E-state index is 0. The number of hydrogen-bond acceptors (Lipinski definition) is 0. The van der Waals surface area contributed by atoms with Crippen LogP contribution >= 0.6 is 15.8 Å². The first-order valence-electron chi connectivity index (χ1n) is 10.5. The first-order chi connectivity index (χ1) is 13.5. The number of hydrogen-bond donors (Lipinski definition) is 0. The van der Waals surface area contributed by atoms with Gasteiger partial charge in [-0.3, -0.25) is 0 Å². The Kier molecular flexibility index (Phi) is 10.7. The first-order valence-corrected chi connectivity index (χ1v) is 13.7. The zero-order valence-corrected chi connectivity index (χ0v) is 22.7. The van der Waals surface area contributed by atoms with Crippen LogP contribution in [0.3, 0.4) is 0 Å². The molecule has 0 radical (unpaired) electrons. The third-order valence-corrected chi connectivity index (χ3v) is 11.3. The smallest absolute Gasteiger partial charge is 0 e. The van der Waals surface area contributed by atoms with Crippen molar-refractivity contribution in [3.8, 4) is 0 Å². The maximum atomic E-state index is 2.47. The quantitative estimate of drug-likeness (QED) is 0.202. The van der Waals surface area contributed by atoms with Gasteiger partial charge in [0.15, 0.2) is 0 Å². The molecule has 0 amide bonds. The van der Waals surface area contributed by atoms with E-state index < -0.39 is 0 Å². The van der Waals surface area contributed by atoms with Gasteiger partial charge in [-0.15, -0.1) is 18.8 Å². The van der Waals surface area contributed by atoms with E-state index in [1.54, 1.807) is 10.9 Å². The molecule has 3 aromatic carbocycles. The largest absolute Gasteiger partial charge is 0.748 e. The summed E-state index contributed by atoms with van der Waals surface area (Å²) in [5, 5.41) is 3.75. The third kappa shape index (κ3) is 7.46. The van der Waals surface area contributed by atoms with Gasteiger partial charge in [-0.1, -0.05) is 86.7 Å². The maximum Gasteiger partial charge on any atom is 0 e. The Labute approximate surface area is 198 Å². The molecule has 3 heteroatoms. The van der Waals surface area contributed by atoms with Gasteiger partial charge in [-0.25, -0.2) is 12.1 Å². The Hall–Kier alpha value is -0.701. The van der Waals surface area contributed by atoms with E-state index in [9.17, 15) is 0 Å². The Morgan fingerprint density at radius 1 is 0.767 bits per heavy atom. The average Bonchev–Trinajstić information content (AvgIpc) is 3.33. The summed E-state index contributed by atoms with van der Waals surface area (Å²) in [6.45, 7) is 19.4. The molecule has 0 aliphatic rings. The molecule has 0 aromatic heterocycles. The van der Waals surface area contributed by atoms with Crippen LogP contribution in [0.2, 0.25) is 0 Å². The summed E-state index contributed by atoms with van der Waals surface area (Å²) in [4.78, 5) is 0. The molecule has 0 saturated heterocycles. The van der Waals surface area contributed by atoms with Gasteiger partial charge >= 0.3 is 0 Å². The molecule has 0 aliphatic carbocycles. The van der Waals surface area contributed by atoms with Gasteiger partial charge in [0.2, 0.25) is 0 Å². The standard InChI is InChI=1S/C22H33P2.C5H5.Fe/c1-17(24(21(2,3)4)22(5,6)7)19-15-12-16-20(19)23(8)18-13-10-9-11-14-18;1-2-4-5-3-1;/h9-17H,1-8H3;1-5H;/q-1;-5;. The summed E-state index contributed by atoms with van der Waals surface area (Å²) < 4.78 is 0. The second kappa shape index (κ2) is 11.8. The fourth-order valence-corrected chi connectivity index (χ4v) is 11.3. The topological polar surface area (TPSA) is 0 Å². The van der Waals surface area contributed by atoms with Crippen molar-refractivity contribution >= 4 is 26.5 Å². The summed E-state index contributed by atoms with van der Waals surface area (Å²) >= 11 is 0. The van der Waals surface area contributed by atoms with Crippen LogP contribution in [0.25, 0.3) is 0 Å². The molecule has 0 heterocycles. The Balaban J connectivity index is 0.000000655. The van der Waals surface area contributed by atoms with Gasteiger partial charge in [0, 0.05) is 17.1 Å². The van der Waals surface area contributed by atoms with Gasteiger partial charge in [0.25, 0.3) is 0 Å². The van der Waals surface area contributed by atoms with E-state index in [-0.39, 0.29) is 32.9 Å². The zero-order chi connectivity index (χ0) is 21.7. The van der Waals surface area contributed by atoms with E-state index in [4.69, 9.17) is 0 Å². The van der Waals surface area contributed by atoms with E-state index in [0.717, 1.165) is 0 Å². The minimum atomic E-state index is -0.273. The minimum Gasteiger partial charge on any atom is -0.748 e. The van der Waals surface area contributed by atoms with Gasteiger partial charge < -0.3 is 30.3 Å². The van der Waals surface area contributed by atoms with Crippen LogP contribution in [0.15, 0.2) is 78.9 Å². The van der Waals surface area contributed by atoms with Crippen molar-refractivity contribution in [3.63, 3.8) is 0 Å². The molecule has 2 unspecified atom stereocenters. The Morgan fingerprint density at radius 3 is 1.67 bits per heavy atom. The first kappa shape index (κ1) is 27.3. The molecule has 0 bridgehead atoms. The molecule has 0 saturated carbocycles. The summed E-state index contributed by atoms with van der Waals surface area (Å²) in [5.74, 6) is 0. The van der Waals surface area contributed by atoms with Crippen LogP contribution in [0.5, 0.6) is 0 Å². The predicted molar refractivity (Wildman–Crippen MR) is 137 cm³/mol. The molecule has 0 aliphatic heterocycles. The van der Waals surface area contributed by atoms with Crippen molar-refractivity contribution < 1.29 is 17.1 Å². The summed E-state index contributed by atoms with van der Waals surface area (Å²) in [6, 6.07) is 28.0. The van der Waals surface area contributed by atoms with E-state index in [1.165, 1.54) is 5.30 Å². The van der Waals surface area contributed by atoms with Crippen molar-refractivity contribution in [2.45, 2.75) is 64.4 Å². The van der Waals surface area contributed by atoms with Crippen LogP contribution in [0.1, 0.15) is 59.7 Å². The second-order valence-corrected chi connectivity index (χ2v) is 15.9. The maximum absolute atomic E-state index is 2.47. The molecule has 0 N–H and O–H groups in total. The van der Waals surface area contributed by atoms with E-state index in [2.05, 4.69) is 104 Å². The van der Waals surface area contributed by atoms with Gasteiger partial charge in [-0.2, -0.15) is 6.07 Å². The molecule has 2 atom stereocenters. The Bertz CT molecular complexity index is 789. The van der Waals surface area contributed by atoms with E-state index >= 15 is 0 Å². The van der Waals surface area contributed by atoms with Crippen molar-refractivity contribution in [1.82, 2.24) is 0 Å². The molecule has 0 fully saturated rings. The zero-order valence-electron chi connectivity index (χ0n) is 19.8. The normalized spacial score (nSPS) is 13.8. The molecular formula is C27H38FeP2-6. The molecule has 170 valence electrons. The molecule has 3 aromatic rings. The van der Waals surface area contributed by atoms with Crippen molar-refractivity contribution in [2.24, 2.45) is 0 Å². The van der Waals surface area contributed by atoms with Crippen LogP contribution < -0.4 is 10.6 Å². The van der Waals surface area contributed by atoms with Gasteiger partial charge in [-0.05, 0) is 27.9 Å². The van der Waals surface area contributed by atoms with E-state index in [0.29, 0.717) is 16.0 Å². The monoisotopic (exact) mass is 480 g/mol. The van der Waals surface area contributed by atoms with Crippen molar-refractivity contribution in [2.75, 3.05) is 6.66 Å². The number of benzene rings is 1.